The lowest BCUT2D eigenvalue weighted by Gasteiger charge is -2.21. The van der Waals surface area contributed by atoms with Crippen molar-refractivity contribution in [3.63, 3.8) is 0 Å². The third kappa shape index (κ3) is 11.4. The molecular formula is C31H32Cl2F2N2O9S. The predicted molar refractivity (Wildman–Crippen MR) is 169 cm³/mol. The fraction of sp³-hybridized carbons (Fsp3) is 0.387. The number of aromatic nitrogens is 1. The number of alkyl halides is 2. The highest BCUT2D eigenvalue weighted by atomic mass is 35.5. The first-order valence-corrected chi connectivity index (χ1v) is 16.9. The molecule has 0 amide bonds. The monoisotopic (exact) mass is 716 g/mol. The molecule has 1 aliphatic rings. The van der Waals surface area contributed by atoms with E-state index in [1.165, 1.54) is 37.7 Å². The molecule has 1 aliphatic carbocycles. The molecule has 1 N–H and O–H groups in total. The topological polar surface area (TPSA) is 139 Å². The number of esters is 2. The Labute approximate surface area is 280 Å². The number of rotatable bonds is 17. The molecule has 1 atom stereocenters. The van der Waals surface area contributed by atoms with Crippen LogP contribution in [0.2, 0.25) is 10.0 Å². The van der Waals surface area contributed by atoms with Crippen molar-refractivity contribution in [2.24, 2.45) is 5.92 Å². The number of carbonyl (C=O) groups excluding carboxylic acids is 2. The summed E-state index contributed by atoms with van der Waals surface area (Å²) < 4.78 is 78.0. The van der Waals surface area contributed by atoms with Crippen LogP contribution in [0.1, 0.15) is 35.4 Å². The van der Waals surface area contributed by atoms with Crippen LogP contribution in [0, 0.1) is 5.92 Å². The van der Waals surface area contributed by atoms with Crippen LogP contribution in [-0.2, 0) is 41.9 Å². The van der Waals surface area contributed by atoms with E-state index in [4.69, 9.17) is 42.1 Å². The second kappa shape index (κ2) is 16.3. The smallest absolute Gasteiger partial charge is 0.387 e. The molecule has 1 heterocycles. The Bertz CT molecular complexity index is 1670. The number of sulfonamides is 1. The fourth-order valence-corrected chi connectivity index (χ4v) is 5.54. The first kappa shape index (κ1) is 36.0. The van der Waals surface area contributed by atoms with Gasteiger partial charge in [0.2, 0.25) is 10.0 Å². The molecular weight excluding hydrogens is 685 g/mol. The van der Waals surface area contributed by atoms with E-state index in [1.54, 1.807) is 18.2 Å². The summed E-state index contributed by atoms with van der Waals surface area (Å²) >= 11 is 12.7. The maximum absolute atomic E-state index is 13.1. The normalized spacial score (nSPS) is 13.5. The molecule has 1 aromatic heterocycles. The summed E-state index contributed by atoms with van der Waals surface area (Å²) in [6, 6.07) is 8.90. The molecule has 0 unspecified atom stereocenters. The molecule has 1 fully saturated rings. The Morgan fingerprint density at radius 1 is 1.00 bits per heavy atom. The van der Waals surface area contributed by atoms with Crippen molar-refractivity contribution < 1.29 is 50.5 Å². The summed E-state index contributed by atoms with van der Waals surface area (Å²) in [5, 5.41) is 0.554. The van der Waals surface area contributed by atoms with Crippen LogP contribution >= 0.6 is 23.2 Å². The maximum Gasteiger partial charge on any atom is 0.387 e. The van der Waals surface area contributed by atoms with E-state index in [9.17, 15) is 26.8 Å². The van der Waals surface area contributed by atoms with Gasteiger partial charge in [-0.1, -0.05) is 35.3 Å². The molecule has 0 bridgehead atoms. The summed E-state index contributed by atoms with van der Waals surface area (Å²) in [5.74, 6) is -1.65. The molecule has 4 rings (SSSR count). The lowest BCUT2D eigenvalue weighted by molar-refractivity contribution is -0.158. The lowest BCUT2D eigenvalue weighted by atomic mass is 9.92. The Morgan fingerprint density at radius 3 is 2.34 bits per heavy atom. The van der Waals surface area contributed by atoms with Crippen LogP contribution in [0.3, 0.4) is 0 Å². The Hall–Kier alpha value is -3.88. The molecule has 2 aromatic carbocycles. The predicted octanol–water partition coefficient (Wildman–Crippen LogP) is 5.81. The first-order valence-electron chi connectivity index (χ1n) is 14.3. The molecule has 0 saturated heterocycles. The van der Waals surface area contributed by atoms with Gasteiger partial charge >= 0.3 is 18.6 Å². The number of nitrogens with one attached hydrogen (secondary N) is 1. The number of benzene rings is 2. The molecule has 254 valence electrons. The SMILES string of the molecule is COc1ccc(CC(=O)OCC(=O)OC[C@@H](Cc2c(Cl)cncc2Cl)c2ccc(OC(F)F)c(OCC3CC3)c2)cc1NS(C)(=O)=O. The van der Waals surface area contributed by atoms with Crippen molar-refractivity contribution >= 4 is 50.9 Å². The quantitative estimate of drug-likeness (QED) is 0.170. The summed E-state index contributed by atoms with van der Waals surface area (Å²) in [4.78, 5) is 29.1. The number of halogens is 4. The van der Waals surface area contributed by atoms with E-state index in [1.807, 2.05) is 0 Å². The highest BCUT2D eigenvalue weighted by Crippen LogP contribution is 2.37. The van der Waals surface area contributed by atoms with Gasteiger partial charge in [-0.2, -0.15) is 8.78 Å². The minimum Gasteiger partial charge on any atom is -0.495 e. The highest BCUT2D eigenvalue weighted by molar-refractivity contribution is 7.92. The average Bonchev–Trinajstić information content (AvgIpc) is 3.83. The molecule has 0 radical (unpaired) electrons. The Kier molecular flexibility index (Phi) is 12.5. The Balaban J connectivity index is 1.44. The number of pyridine rings is 1. The number of ether oxygens (including phenoxy) is 5. The number of carbonyl (C=O) groups is 2. The Morgan fingerprint density at radius 2 is 1.70 bits per heavy atom. The van der Waals surface area contributed by atoms with Crippen LogP contribution in [0.5, 0.6) is 17.2 Å². The van der Waals surface area contributed by atoms with Crippen LogP contribution in [0.25, 0.3) is 0 Å². The van der Waals surface area contributed by atoms with Gasteiger partial charge in [-0.15, -0.1) is 0 Å². The van der Waals surface area contributed by atoms with Crippen LogP contribution in [-0.4, -0.2) is 65.1 Å². The summed E-state index contributed by atoms with van der Waals surface area (Å²) in [6.45, 7) is -3.65. The zero-order valence-electron chi connectivity index (χ0n) is 25.3. The van der Waals surface area contributed by atoms with Crippen molar-refractivity contribution in [1.82, 2.24) is 4.98 Å². The molecule has 16 heteroatoms. The standard InChI is InChI=1S/C31H32Cl2F2N2O9S/c1-42-26-7-5-19(9-25(26)37-47(2,40)41)10-29(38)45-17-30(39)44-16-21(11-22-23(32)13-36-14-24(22)33)20-6-8-27(46-31(34)35)28(12-20)43-15-18-3-4-18/h5-9,12-14,18,21,31,37H,3-4,10-11,15-17H2,1-2H3/t21-/m1/s1. The van der Waals surface area contributed by atoms with Crippen molar-refractivity contribution in [3.8, 4) is 17.2 Å². The van der Waals surface area contributed by atoms with Crippen molar-refractivity contribution in [2.75, 3.05) is 37.9 Å². The zero-order valence-corrected chi connectivity index (χ0v) is 27.7. The van der Waals surface area contributed by atoms with Crippen LogP contribution in [0.15, 0.2) is 48.8 Å². The van der Waals surface area contributed by atoms with E-state index in [0.29, 0.717) is 29.2 Å². The first-order chi connectivity index (χ1) is 22.3. The fourth-order valence-electron chi connectivity index (χ4n) is 4.47. The van der Waals surface area contributed by atoms with Crippen molar-refractivity contribution in [3.05, 3.63) is 75.5 Å². The van der Waals surface area contributed by atoms with Gasteiger partial charge < -0.3 is 23.7 Å². The van der Waals surface area contributed by atoms with Gasteiger partial charge in [0.05, 0.1) is 48.7 Å². The van der Waals surface area contributed by atoms with E-state index < -0.39 is 41.1 Å². The van der Waals surface area contributed by atoms with Gasteiger partial charge in [-0.3, -0.25) is 14.5 Å². The van der Waals surface area contributed by atoms with E-state index in [2.05, 4.69) is 14.4 Å². The number of methoxy groups -OCH3 is 1. The summed E-state index contributed by atoms with van der Waals surface area (Å²) in [5.41, 5.74) is 1.62. The van der Waals surface area contributed by atoms with Crippen LogP contribution in [0.4, 0.5) is 14.5 Å². The minimum absolute atomic E-state index is 0.111. The highest BCUT2D eigenvalue weighted by Gasteiger charge is 2.25. The largest absolute Gasteiger partial charge is 0.495 e. The molecule has 3 aromatic rings. The van der Waals surface area contributed by atoms with E-state index in [0.717, 1.165) is 19.1 Å². The van der Waals surface area contributed by atoms with Gasteiger partial charge in [-0.05, 0) is 66.1 Å². The van der Waals surface area contributed by atoms with Gasteiger partial charge in [-0.25, -0.2) is 13.2 Å². The van der Waals surface area contributed by atoms with Crippen LogP contribution < -0.4 is 18.9 Å². The number of anilines is 1. The molecule has 1 saturated carbocycles. The summed E-state index contributed by atoms with van der Waals surface area (Å²) in [7, 11) is -2.25. The van der Waals surface area contributed by atoms with Gasteiger partial charge in [0.25, 0.3) is 0 Å². The second-order valence-corrected chi connectivity index (χ2v) is 13.3. The zero-order chi connectivity index (χ0) is 34.1. The maximum atomic E-state index is 13.1. The molecule has 47 heavy (non-hydrogen) atoms. The average molecular weight is 718 g/mol. The van der Waals surface area contributed by atoms with Gasteiger partial charge in [0.1, 0.15) is 5.75 Å². The number of nitrogens with zero attached hydrogens (tertiary/aromatic N) is 1. The lowest BCUT2D eigenvalue weighted by Crippen LogP contribution is -2.21. The number of hydrogen-bond donors (Lipinski definition) is 1. The minimum atomic E-state index is -3.62. The van der Waals surface area contributed by atoms with Crippen molar-refractivity contribution in [1.29, 1.82) is 0 Å². The van der Waals surface area contributed by atoms with Gasteiger partial charge in [0.15, 0.2) is 18.1 Å². The third-order valence-electron chi connectivity index (χ3n) is 6.93. The molecule has 0 spiro atoms. The second-order valence-electron chi connectivity index (χ2n) is 10.8. The third-order valence-corrected chi connectivity index (χ3v) is 8.18. The molecule has 0 aliphatic heterocycles. The van der Waals surface area contributed by atoms with Gasteiger partial charge in [0, 0.05) is 18.3 Å². The molecule has 11 nitrogen and oxygen atoms in total. The summed E-state index contributed by atoms with van der Waals surface area (Å²) in [6.07, 6.45) is 5.67. The van der Waals surface area contributed by atoms with Crippen molar-refractivity contribution in [2.45, 2.75) is 38.2 Å². The van der Waals surface area contributed by atoms with E-state index >= 15 is 0 Å². The number of hydrogen-bond acceptors (Lipinski definition) is 10. The van der Waals surface area contributed by atoms with E-state index in [-0.39, 0.29) is 52.4 Å².